The molecule has 0 amide bonds. The number of ether oxygens (including phenoxy) is 1. The third kappa shape index (κ3) is 8.66. The van der Waals surface area contributed by atoms with Crippen LogP contribution in [0.2, 0.25) is 0 Å². The van der Waals surface area contributed by atoms with Crippen LogP contribution in [-0.2, 0) is 16.0 Å². The van der Waals surface area contributed by atoms with Gasteiger partial charge in [0.2, 0.25) is 0 Å². The maximum absolute atomic E-state index is 10.8. The van der Waals surface area contributed by atoms with Gasteiger partial charge in [0, 0.05) is 6.92 Å². The quantitative estimate of drug-likeness (QED) is 0.418. The molecule has 0 fully saturated rings. The van der Waals surface area contributed by atoms with Crippen LogP contribution >= 0.6 is 0 Å². The second-order valence-electron chi connectivity index (χ2n) is 6.03. The summed E-state index contributed by atoms with van der Waals surface area (Å²) in [7, 11) is 0. The first-order chi connectivity index (χ1) is 10.6. The van der Waals surface area contributed by atoms with Gasteiger partial charge in [-0.2, -0.15) is 0 Å². The van der Waals surface area contributed by atoms with Crippen molar-refractivity contribution in [2.75, 3.05) is 6.61 Å². The fourth-order valence-electron chi connectivity index (χ4n) is 2.43. The van der Waals surface area contributed by atoms with Gasteiger partial charge in [-0.05, 0) is 36.5 Å². The van der Waals surface area contributed by atoms with E-state index >= 15 is 0 Å². The maximum Gasteiger partial charge on any atom is 0.302 e. The number of hydrogen-bond donors (Lipinski definition) is 0. The summed E-state index contributed by atoms with van der Waals surface area (Å²) in [5.74, 6) is -0.234. The van der Waals surface area contributed by atoms with Crippen molar-refractivity contribution in [3.63, 3.8) is 0 Å². The first kappa shape index (κ1) is 18.5. The molecule has 1 aromatic carbocycles. The standard InChI is InChI=1S/C20H30O2/c1-4-5-6-7-8-9-10-19-11-13-20(14-12-19)15-17(2)16-22-18(3)21/h11-15H,4-10,16H2,1-3H3/b17-15+. The molecule has 0 aliphatic heterocycles. The molecule has 0 N–H and O–H groups in total. The van der Waals surface area contributed by atoms with E-state index in [0.29, 0.717) is 6.61 Å². The molecule has 0 heterocycles. The van der Waals surface area contributed by atoms with Crippen molar-refractivity contribution in [1.29, 1.82) is 0 Å². The highest BCUT2D eigenvalue weighted by atomic mass is 16.5. The SMILES string of the molecule is CCCCCCCCc1ccc(/C=C(\C)COC(C)=O)cc1. The predicted molar refractivity (Wildman–Crippen MR) is 93.8 cm³/mol. The highest BCUT2D eigenvalue weighted by Gasteiger charge is 1.97. The molecule has 0 aliphatic rings. The van der Waals surface area contributed by atoms with Gasteiger partial charge in [0.05, 0.1) is 0 Å². The Morgan fingerprint density at radius 3 is 2.27 bits per heavy atom. The van der Waals surface area contributed by atoms with Gasteiger partial charge in [0.15, 0.2) is 0 Å². The molecule has 2 nitrogen and oxygen atoms in total. The number of aryl methyl sites for hydroxylation is 1. The number of hydrogen-bond acceptors (Lipinski definition) is 2. The maximum atomic E-state index is 10.8. The van der Waals surface area contributed by atoms with E-state index in [0.717, 1.165) is 11.1 Å². The smallest absolute Gasteiger partial charge is 0.302 e. The Balaban J connectivity index is 2.33. The van der Waals surface area contributed by atoms with E-state index < -0.39 is 0 Å². The number of unbranched alkanes of at least 4 members (excludes halogenated alkanes) is 5. The number of carbonyl (C=O) groups excluding carboxylic acids is 1. The third-order valence-corrected chi connectivity index (χ3v) is 3.71. The lowest BCUT2D eigenvalue weighted by atomic mass is 10.0. The van der Waals surface area contributed by atoms with Crippen molar-refractivity contribution in [3.05, 3.63) is 41.0 Å². The summed E-state index contributed by atoms with van der Waals surface area (Å²) < 4.78 is 4.99. The van der Waals surface area contributed by atoms with E-state index in [4.69, 9.17) is 4.74 Å². The third-order valence-electron chi connectivity index (χ3n) is 3.71. The van der Waals surface area contributed by atoms with Crippen molar-refractivity contribution in [1.82, 2.24) is 0 Å². The number of carbonyl (C=O) groups is 1. The molecule has 122 valence electrons. The summed E-state index contributed by atoms with van der Waals surface area (Å²) in [6.07, 6.45) is 11.3. The van der Waals surface area contributed by atoms with Crippen LogP contribution < -0.4 is 0 Å². The van der Waals surface area contributed by atoms with Crippen LogP contribution in [-0.4, -0.2) is 12.6 Å². The molecular formula is C20H30O2. The zero-order valence-corrected chi connectivity index (χ0v) is 14.4. The van der Waals surface area contributed by atoms with Crippen LogP contribution in [0, 0.1) is 0 Å². The van der Waals surface area contributed by atoms with Gasteiger partial charge in [0.25, 0.3) is 0 Å². The Morgan fingerprint density at radius 1 is 1.00 bits per heavy atom. The number of rotatable bonds is 10. The summed E-state index contributed by atoms with van der Waals surface area (Å²) in [6, 6.07) is 8.70. The molecule has 22 heavy (non-hydrogen) atoms. The molecule has 0 unspecified atom stereocenters. The van der Waals surface area contributed by atoms with E-state index in [1.165, 1.54) is 57.4 Å². The van der Waals surface area contributed by atoms with Crippen molar-refractivity contribution in [2.24, 2.45) is 0 Å². The summed E-state index contributed by atoms with van der Waals surface area (Å²) in [5.41, 5.74) is 3.63. The van der Waals surface area contributed by atoms with E-state index in [2.05, 4.69) is 37.3 Å². The number of benzene rings is 1. The van der Waals surface area contributed by atoms with E-state index in [1.54, 1.807) is 0 Å². The summed E-state index contributed by atoms with van der Waals surface area (Å²) in [5, 5.41) is 0. The molecule has 1 aromatic rings. The Bertz CT molecular complexity index is 457. The lowest BCUT2D eigenvalue weighted by Crippen LogP contribution is -2.01. The van der Waals surface area contributed by atoms with Crippen molar-refractivity contribution in [3.8, 4) is 0 Å². The fraction of sp³-hybridized carbons (Fsp3) is 0.550. The lowest BCUT2D eigenvalue weighted by molar-refractivity contribution is -0.139. The summed E-state index contributed by atoms with van der Waals surface area (Å²) in [4.78, 5) is 10.8. The molecule has 1 rings (SSSR count). The minimum Gasteiger partial charge on any atom is -0.461 e. The predicted octanol–water partition coefficient (Wildman–Crippen LogP) is 5.56. The molecule has 0 saturated carbocycles. The molecule has 0 radical (unpaired) electrons. The van der Waals surface area contributed by atoms with Gasteiger partial charge in [-0.1, -0.05) is 69.4 Å². The van der Waals surface area contributed by atoms with Gasteiger partial charge in [-0.15, -0.1) is 0 Å². The van der Waals surface area contributed by atoms with Gasteiger partial charge in [0.1, 0.15) is 6.61 Å². The average molecular weight is 302 g/mol. The fourth-order valence-corrected chi connectivity index (χ4v) is 2.43. The first-order valence-electron chi connectivity index (χ1n) is 8.51. The van der Waals surface area contributed by atoms with Crippen LogP contribution in [0.25, 0.3) is 6.08 Å². The molecular weight excluding hydrogens is 272 g/mol. The minimum atomic E-state index is -0.234. The Morgan fingerprint density at radius 2 is 1.64 bits per heavy atom. The van der Waals surface area contributed by atoms with Crippen molar-refractivity contribution in [2.45, 2.75) is 65.7 Å². The van der Waals surface area contributed by atoms with Gasteiger partial charge in [-0.25, -0.2) is 0 Å². The molecule has 0 saturated heterocycles. The van der Waals surface area contributed by atoms with E-state index in [-0.39, 0.29) is 5.97 Å². The van der Waals surface area contributed by atoms with Crippen LogP contribution in [0.5, 0.6) is 0 Å². The summed E-state index contributed by atoms with van der Waals surface area (Å²) in [6.45, 7) is 6.04. The highest BCUT2D eigenvalue weighted by Crippen LogP contribution is 2.13. The molecule has 0 atom stereocenters. The largest absolute Gasteiger partial charge is 0.461 e. The van der Waals surface area contributed by atoms with Gasteiger partial charge < -0.3 is 4.74 Å². The van der Waals surface area contributed by atoms with Crippen molar-refractivity contribution >= 4 is 12.0 Å². The zero-order chi connectivity index (χ0) is 16.2. The second-order valence-corrected chi connectivity index (χ2v) is 6.03. The normalized spacial score (nSPS) is 11.5. The van der Waals surface area contributed by atoms with Gasteiger partial charge >= 0.3 is 5.97 Å². The molecule has 0 aliphatic carbocycles. The Labute approximate surface area is 135 Å². The van der Waals surface area contributed by atoms with Crippen LogP contribution in [0.3, 0.4) is 0 Å². The molecule has 0 spiro atoms. The average Bonchev–Trinajstić information content (AvgIpc) is 2.50. The second kappa shape index (κ2) is 11.1. The van der Waals surface area contributed by atoms with Crippen LogP contribution in [0.15, 0.2) is 29.8 Å². The van der Waals surface area contributed by atoms with Crippen LogP contribution in [0.4, 0.5) is 0 Å². The Hall–Kier alpha value is -1.57. The zero-order valence-electron chi connectivity index (χ0n) is 14.4. The lowest BCUT2D eigenvalue weighted by Gasteiger charge is -2.04. The van der Waals surface area contributed by atoms with Crippen LogP contribution in [0.1, 0.15) is 70.4 Å². The first-order valence-corrected chi connectivity index (χ1v) is 8.51. The molecule has 2 heteroatoms. The summed E-state index contributed by atoms with van der Waals surface area (Å²) >= 11 is 0. The van der Waals surface area contributed by atoms with E-state index in [9.17, 15) is 4.79 Å². The number of esters is 1. The molecule has 0 aromatic heterocycles. The van der Waals surface area contributed by atoms with E-state index in [1.807, 2.05) is 6.92 Å². The minimum absolute atomic E-state index is 0.234. The molecule has 0 bridgehead atoms. The topological polar surface area (TPSA) is 26.3 Å². The monoisotopic (exact) mass is 302 g/mol. The van der Waals surface area contributed by atoms with Gasteiger partial charge in [-0.3, -0.25) is 4.79 Å². The van der Waals surface area contributed by atoms with Crippen molar-refractivity contribution < 1.29 is 9.53 Å². The highest BCUT2D eigenvalue weighted by molar-refractivity contribution is 5.66. The Kier molecular flexibility index (Phi) is 9.29.